The van der Waals surface area contributed by atoms with E-state index in [1.54, 1.807) is 11.0 Å². The maximum absolute atomic E-state index is 12.1. The molecular weight excluding hydrogens is 347 g/mol. The highest BCUT2D eigenvalue weighted by Crippen LogP contribution is 2.27. The SMILES string of the molecule is CC(Nc1cc(Cl)cc(Cl)c1)C1CCN(C(=O)OC(C)(C)C)CC1. The van der Waals surface area contributed by atoms with E-state index in [0.717, 1.165) is 31.6 Å². The summed E-state index contributed by atoms with van der Waals surface area (Å²) in [5, 5.41) is 4.72. The Morgan fingerprint density at radius 1 is 1.21 bits per heavy atom. The van der Waals surface area contributed by atoms with Crippen LogP contribution >= 0.6 is 23.2 Å². The molecule has 1 aromatic rings. The number of amides is 1. The monoisotopic (exact) mass is 372 g/mol. The number of halogens is 2. The van der Waals surface area contributed by atoms with Gasteiger partial charge in [0.1, 0.15) is 5.60 Å². The van der Waals surface area contributed by atoms with Crippen molar-refractivity contribution in [1.82, 2.24) is 4.90 Å². The van der Waals surface area contributed by atoms with Crippen LogP contribution in [0.2, 0.25) is 10.0 Å². The fourth-order valence-corrected chi connectivity index (χ4v) is 3.45. The van der Waals surface area contributed by atoms with Crippen molar-refractivity contribution in [3.8, 4) is 0 Å². The summed E-state index contributed by atoms with van der Waals surface area (Å²) >= 11 is 12.1. The molecule has 1 aromatic carbocycles. The molecule has 0 aromatic heterocycles. The first-order valence-electron chi connectivity index (χ1n) is 8.34. The van der Waals surface area contributed by atoms with Crippen LogP contribution in [0.3, 0.4) is 0 Å². The van der Waals surface area contributed by atoms with Gasteiger partial charge in [0.25, 0.3) is 0 Å². The number of hydrogen-bond acceptors (Lipinski definition) is 3. The van der Waals surface area contributed by atoms with E-state index >= 15 is 0 Å². The Labute approximate surface area is 154 Å². The van der Waals surface area contributed by atoms with Gasteiger partial charge in [0.15, 0.2) is 0 Å². The largest absolute Gasteiger partial charge is 0.444 e. The van der Waals surface area contributed by atoms with Crippen molar-refractivity contribution in [3.05, 3.63) is 28.2 Å². The van der Waals surface area contributed by atoms with Crippen LogP contribution < -0.4 is 5.32 Å². The van der Waals surface area contributed by atoms with Crippen molar-refractivity contribution in [2.45, 2.75) is 52.2 Å². The summed E-state index contributed by atoms with van der Waals surface area (Å²) < 4.78 is 5.44. The molecular formula is C18H26Cl2N2O2. The Hall–Kier alpha value is -1.13. The molecule has 134 valence electrons. The predicted octanol–water partition coefficient (Wildman–Crippen LogP) is 5.44. The molecule has 0 saturated carbocycles. The first kappa shape index (κ1) is 19.2. The number of ether oxygens (including phenoxy) is 1. The third-order valence-corrected chi connectivity index (χ3v) is 4.59. The summed E-state index contributed by atoms with van der Waals surface area (Å²) in [5.41, 5.74) is 0.476. The zero-order valence-electron chi connectivity index (χ0n) is 14.7. The van der Waals surface area contributed by atoms with Gasteiger partial charge in [-0.2, -0.15) is 0 Å². The lowest BCUT2D eigenvalue weighted by molar-refractivity contribution is 0.0179. The molecule has 1 aliphatic heterocycles. The van der Waals surface area contributed by atoms with E-state index in [1.807, 2.05) is 32.9 Å². The Morgan fingerprint density at radius 3 is 2.25 bits per heavy atom. The Kier molecular flexibility index (Phi) is 6.27. The molecule has 1 saturated heterocycles. The van der Waals surface area contributed by atoms with Crippen LogP contribution in [-0.2, 0) is 4.74 Å². The van der Waals surface area contributed by atoms with Gasteiger partial charge in [0, 0.05) is 34.9 Å². The number of anilines is 1. The van der Waals surface area contributed by atoms with E-state index in [1.165, 1.54) is 0 Å². The van der Waals surface area contributed by atoms with E-state index in [9.17, 15) is 4.79 Å². The normalized spacial score (nSPS) is 17.5. The maximum Gasteiger partial charge on any atom is 0.410 e. The van der Waals surface area contributed by atoms with Crippen LogP contribution in [0.5, 0.6) is 0 Å². The third kappa shape index (κ3) is 5.75. The standard InChI is InChI=1S/C18H26Cl2N2O2/c1-12(21-16-10-14(19)9-15(20)11-16)13-5-7-22(8-6-13)17(23)24-18(2,3)4/h9-13,21H,5-8H2,1-4H3. The van der Waals surface area contributed by atoms with Crippen molar-refractivity contribution in [2.24, 2.45) is 5.92 Å². The van der Waals surface area contributed by atoms with Crippen molar-refractivity contribution >= 4 is 35.0 Å². The van der Waals surface area contributed by atoms with Gasteiger partial charge in [-0.25, -0.2) is 4.79 Å². The highest BCUT2D eigenvalue weighted by molar-refractivity contribution is 6.35. The molecule has 1 amide bonds. The molecule has 24 heavy (non-hydrogen) atoms. The number of carbonyl (C=O) groups excluding carboxylic acids is 1. The van der Waals surface area contributed by atoms with Crippen molar-refractivity contribution in [2.75, 3.05) is 18.4 Å². The second kappa shape index (κ2) is 7.83. The fourth-order valence-electron chi connectivity index (χ4n) is 2.93. The van der Waals surface area contributed by atoms with Crippen molar-refractivity contribution in [1.29, 1.82) is 0 Å². The van der Waals surface area contributed by atoms with E-state index in [2.05, 4.69) is 12.2 Å². The first-order valence-corrected chi connectivity index (χ1v) is 9.10. The van der Waals surface area contributed by atoms with Gasteiger partial charge >= 0.3 is 6.09 Å². The molecule has 0 aliphatic carbocycles. The average Bonchev–Trinajstić information content (AvgIpc) is 2.44. The Balaban J connectivity index is 1.86. The van der Waals surface area contributed by atoms with E-state index in [0.29, 0.717) is 16.0 Å². The molecule has 6 heteroatoms. The smallest absolute Gasteiger partial charge is 0.410 e. The van der Waals surface area contributed by atoms with Crippen LogP contribution in [0.15, 0.2) is 18.2 Å². The maximum atomic E-state index is 12.1. The zero-order valence-corrected chi connectivity index (χ0v) is 16.2. The van der Waals surface area contributed by atoms with Gasteiger partial charge in [0.05, 0.1) is 0 Å². The van der Waals surface area contributed by atoms with Crippen molar-refractivity contribution in [3.63, 3.8) is 0 Å². The Bertz CT molecular complexity index is 559. The molecule has 2 rings (SSSR count). The highest BCUT2D eigenvalue weighted by atomic mass is 35.5. The van der Waals surface area contributed by atoms with Gasteiger partial charge in [-0.1, -0.05) is 23.2 Å². The average molecular weight is 373 g/mol. The van der Waals surface area contributed by atoms with Crippen LogP contribution in [-0.4, -0.2) is 35.7 Å². The van der Waals surface area contributed by atoms with Gasteiger partial charge < -0.3 is 15.0 Å². The van der Waals surface area contributed by atoms with Gasteiger partial charge in [-0.3, -0.25) is 0 Å². The molecule has 4 nitrogen and oxygen atoms in total. The molecule has 1 N–H and O–H groups in total. The van der Waals surface area contributed by atoms with Crippen LogP contribution in [0.1, 0.15) is 40.5 Å². The molecule has 1 unspecified atom stereocenters. The number of nitrogens with zero attached hydrogens (tertiary/aromatic N) is 1. The summed E-state index contributed by atoms with van der Waals surface area (Å²) in [6.45, 7) is 9.27. The summed E-state index contributed by atoms with van der Waals surface area (Å²) in [6.07, 6.45) is 1.67. The summed E-state index contributed by atoms with van der Waals surface area (Å²) in [6, 6.07) is 5.75. The quantitative estimate of drug-likeness (QED) is 0.767. The number of benzene rings is 1. The molecule has 1 atom stereocenters. The lowest BCUT2D eigenvalue weighted by Gasteiger charge is -2.36. The lowest BCUT2D eigenvalue weighted by atomic mass is 9.90. The number of rotatable bonds is 3. The van der Waals surface area contributed by atoms with Gasteiger partial charge in [0.2, 0.25) is 0 Å². The van der Waals surface area contributed by atoms with Crippen LogP contribution in [0.4, 0.5) is 10.5 Å². The molecule has 0 radical (unpaired) electrons. The number of piperidine rings is 1. The molecule has 1 heterocycles. The minimum atomic E-state index is -0.450. The number of likely N-dealkylation sites (tertiary alicyclic amines) is 1. The zero-order chi connectivity index (χ0) is 17.9. The third-order valence-electron chi connectivity index (χ3n) is 4.16. The van der Waals surface area contributed by atoms with Gasteiger partial charge in [-0.05, 0) is 64.7 Å². The minimum Gasteiger partial charge on any atom is -0.444 e. The van der Waals surface area contributed by atoms with E-state index in [-0.39, 0.29) is 12.1 Å². The Morgan fingerprint density at radius 2 is 1.75 bits per heavy atom. The second-order valence-electron chi connectivity index (χ2n) is 7.40. The minimum absolute atomic E-state index is 0.219. The van der Waals surface area contributed by atoms with E-state index in [4.69, 9.17) is 27.9 Å². The predicted molar refractivity (Wildman–Crippen MR) is 100 cm³/mol. The fraction of sp³-hybridized carbons (Fsp3) is 0.611. The first-order chi connectivity index (χ1) is 11.1. The molecule has 0 spiro atoms. The number of carbonyl (C=O) groups is 1. The second-order valence-corrected chi connectivity index (χ2v) is 8.27. The van der Waals surface area contributed by atoms with E-state index < -0.39 is 5.60 Å². The molecule has 1 aliphatic rings. The lowest BCUT2D eigenvalue weighted by Crippen LogP contribution is -2.44. The van der Waals surface area contributed by atoms with Gasteiger partial charge in [-0.15, -0.1) is 0 Å². The highest BCUT2D eigenvalue weighted by Gasteiger charge is 2.29. The topological polar surface area (TPSA) is 41.6 Å². The molecule has 1 fully saturated rings. The number of hydrogen-bond donors (Lipinski definition) is 1. The number of nitrogens with one attached hydrogen (secondary N) is 1. The summed E-state index contributed by atoms with van der Waals surface area (Å²) in [5.74, 6) is 0.487. The molecule has 0 bridgehead atoms. The van der Waals surface area contributed by atoms with Crippen molar-refractivity contribution < 1.29 is 9.53 Å². The van der Waals surface area contributed by atoms with Crippen LogP contribution in [0, 0.1) is 5.92 Å². The summed E-state index contributed by atoms with van der Waals surface area (Å²) in [4.78, 5) is 13.9. The summed E-state index contributed by atoms with van der Waals surface area (Å²) in [7, 11) is 0. The van der Waals surface area contributed by atoms with Crippen LogP contribution in [0.25, 0.3) is 0 Å².